The van der Waals surface area contributed by atoms with Gasteiger partial charge in [-0.25, -0.2) is 0 Å². The molecule has 2 aromatic rings. The van der Waals surface area contributed by atoms with E-state index >= 15 is 0 Å². The minimum Gasteiger partial charge on any atom is -0.306 e. The largest absolute Gasteiger partial charge is 0.306 e. The van der Waals surface area contributed by atoms with Crippen LogP contribution in [-0.4, -0.2) is 11.5 Å². The van der Waals surface area contributed by atoms with Crippen molar-refractivity contribution in [1.29, 1.82) is 0 Å². The predicted octanol–water partition coefficient (Wildman–Crippen LogP) is 4.13. The molecule has 1 heterocycles. The van der Waals surface area contributed by atoms with Gasteiger partial charge in [0.2, 0.25) is 0 Å². The molecule has 0 saturated carbocycles. The van der Waals surface area contributed by atoms with E-state index in [1.54, 1.807) is 0 Å². The number of nitrogens with one attached hydrogen (secondary N) is 1. The fourth-order valence-electron chi connectivity index (χ4n) is 2.05. The molecule has 0 aliphatic carbocycles. The zero-order valence-corrected chi connectivity index (χ0v) is 12.1. The Labute approximate surface area is 119 Å². The summed E-state index contributed by atoms with van der Waals surface area (Å²) in [7, 11) is 0. The molecule has 1 aromatic heterocycles. The Bertz CT molecular complexity index is 523. The third-order valence-corrected chi connectivity index (χ3v) is 3.28. The highest BCUT2D eigenvalue weighted by Gasteiger charge is 2.13. The number of benzene rings is 1. The minimum absolute atomic E-state index is 0.145. The minimum atomic E-state index is 0.145. The van der Waals surface area contributed by atoms with Gasteiger partial charge < -0.3 is 5.32 Å². The maximum atomic E-state index is 6.09. The molecule has 19 heavy (non-hydrogen) atoms. The third-order valence-electron chi connectivity index (χ3n) is 3.05. The molecule has 3 heteroatoms. The topological polar surface area (TPSA) is 24.9 Å². The van der Waals surface area contributed by atoms with Crippen molar-refractivity contribution in [3.63, 3.8) is 0 Å². The van der Waals surface area contributed by atoms with Gasteiger partial charge in [0.25, 0.3) is 0 Å². The van der Waals surface area contributed by atoms with E-state index < -0.39 is 0 Å². The molecule has 0 radical (unpaired) electrons. The monoisotopic (exact) mass is 274 g/mol. The highest BCUT2D eigenvalue weighted by Crippen LogP contribution is 2.24. The molecular formula is C16H19ClN2. The van der Waals surface area contributed by atoms with Gasteiger partial charge in [-0.05, 0) is 49.2 Å². The first-order valence-corrected chi connectivity index (χ1v) is 7.00. The molecule has 0 spiro atoms. The van der Waals surface area contributed by atoms with Crippen molar-refractivity contribution >= 4 is 11.6 Å². The lowest BCUT2D eigenvalue weighted by Crippen LogP contribution is -2.23. The van der Waals surface area contributed by atoms with Crippen molar-refractivity contribution < 1.29 is 0 Å². The van der Waals surface area contributed by atoms with Gasteiger partial charge in [-0.3, -0.25) is 4.98 Å². The van der Waals surface area contributed by atoms with Gasteiger partial charge in [0.1, 0.15) is 0 Å². The van der Waals surface area contributed by atoms with Crippen LogP contribution in [0.2, 0.25) is 5.02 Å². The first-order chi connectivity index (χ1) is 9.20. The Morgan fingerprint density at radius 1 is 1.21 bits per heavy atom. The van der Waals surface area contributed by atoms with E-state index in [0.29, 0.717) is 0 Å². The molecule has 1 N–H and O–H groups in total. The summed E-state index contributed by atoms with van der Waals surface area (Å²) in [5, 5.41) is 4.31. The first kappa shape index (κ1) is 14.0. The highest BCUT2D eigenvalue weighted by molar-refractivity contribution is 6.30. The quantitative estimate of drug-likeness (QED) is 0.887. The Morgan fingerprint density at radius 2 is 2.05 bits per heavy atom. The Kier molecular flexibility index (Phi) is 4.94. The molecule has 0 saturated heterocycles. The van der Waals surface area contributed by atoms with Gasteiger partial charge in [-0.15, -0.1) is 0 Å². The van der Waals surface area contributed by atoms with Gasteiger partial charge in [-0.1, -0.05) is 36.7 Å². The highest BCUT2D eigenvalue weighted by atomic mass is 35.5. The number of hydrogen-bond donors (Lipinski definition) is 1. The number of hydrogen-bond acceptors (Lipinski definition) is 2. The molecule has 2 nitrogen and oxygen atoms in total. The summed E-state index contributed by atoms with van der Waals surface area (Å²) in [6, 6.07) is 12.3. The van der Waals surface area contributed by atoms with Crippen molar-refractivity contribution in [2.75, 3.05) is 6.54 Å². The lowest BCUT2D eigenvalue weighted by molar-refractivity contribution is 0.597. The summed E-state index contributed by atoms with van der Waals surface area (Å²) in [6.45, 7) is 5.12. The summed E-state index contributed by atoms with van der Waals surface area (Å²) in [5.41, 5.74) is 3.37. The fraction of sp³-hybridized carbons (Fsp3) is 0.312. The zero-order valence-electron chi connectivity index (χ0n) is 11.4. The van der Waals surface area contributed by atoms with Crippen molar-refractivity contribution in [2.45, 2.75) is 26.3 Å². The molecule has 0 aliphatic heterocycles. The van der Waals surface area contributed by atoms with E-state index in [1.165, 1.54) is 11.1 Å². The van der Waals surface area contributed by atoms with E-state index in [0.717, 1.165) is 23.7 Å². The maximum Gasteiger partial charge on any atom is 0.0592 e. The Morgan fingerprint density at radius 3 is 2.68 bits per heavy atom. The maximum absolute atomic E-state index is 6.09. The van der Waals surface area contributed by atoms with Crippen LogP contribution in [0.5, 0.6) is 0 Å². The van der Waals surface area contributed by atoms with Crippen LogP contribution in [0.25, 0.3) is 0 Å². The molecule has 0 fully saturated rings. The van der Waals surface area contributed by atoms with Gasteiger partial charge in [0.15, 0.2) is 0 Å². The average Bonchev–Trinajstić information content (AvgIpc) is 2.41. The van der Waals surface area contributed by atoms with Crippen molar-refractivity contribution in [3.8, 4) is 0 Å². The Hall–Kier alpha value is -1.38. The van der Waals surface area contributed by atoms with Crippen LogP contribution < -0.4 is 5.32 Å². The van der Waals surface area contributed by atoms with Crippen LogP contribution in [0.3, 0.4) is 0 Å². The van der Waals surface area contributed by atoms with E-state index in [9.17, 15) is 0 Å². The van der Waals surface area contributed by atoms with Gasteiger partial charge in [0.05, 0.1) is 6.04 Å². The van der Waals surface area contributed by atoms with Crippen LogP contribution in [-0.2, 0) is 0 Å². The third kappa shape index (κ3) is 3.79. The van der Waals surface area contributed by atoms with E-state index in [1.807, 2.05) is 37.4 Å². The van der Waals surface area contributed by atoms with Crippen molar-refractivity contribution in [3.05, 3.63) is 64.4 Å². The average molecular weight is 275 g/mol. The molecule has 100 valence electrons. The van der Waals surface area contributed by atoms with E-state index in [-0.39, 0.29) is 6.04 Å². The number of aryl methyl sites for hydroxylation is 1. The van der Waals surface area contributed by atoms with Crippen molar-refractivity contribution in [2.24, 2.45) is 0 Å². The number of aromatic nitrogens is 1. The second-order valence-corrected chi connectivity index (χ2v) is 5.11. The standard InChI is InChI=1S/C16H19ClN2/c1-3-9-18-16(13-5-4-6-15(17)10-13)14-8-7-12(2)19-11-14/h4-8,10-11,16,18H,3,9H2,1-2H3. The van der Waals surface area contributed by atoms with Crippen LogP contribution >= 0.6 is 11.6 Å². The number of rotatable bonds is 5. The molecule has 1 aromatic carbocycles. The van der Waals surface area contributed by atoms with Gasteiger partial charge >= 0.3 is 0 Å². The van der Waals surface area contributed by atoms with E-state index in [2.05, 4.69) is 29.4 Å². The molecule has 2 rings (SSSR count). The SMILES string of the molecule is CCCNC(c1ccc(C)nc1)c1cccc(Cl)c1. The Balaban J connectivity index is 2.32. The van der Waals surface area contributed by atoms with Crippen LogP contribution in [0.15, 0.2) is 42.6 Å². The van der Waals surface area contributed by atoms with Crippen LogP contribution in [0.1, 0.15) is 36.2 Å². The van der Waals surface area contributed by atoms with Crippen LogP contribution in [0.4, 0.5) is 0 Å². The van der Waals surface area contributed by atoms with Gasteiger partial charge in [0, 0.05) is 16.9 Å². The number of pyridine rings is 1. The molecule has 1 atom stereocenters. The molecule has 0 bridgehead atoms. The number of halogens is 1. The lowest BCUT2D eigenvalue weighted by atomic mass is 10.00. The van der Waals surface area contributed by atoms with E-state index in [4.69, 9.17) is 11.6 Å². The summed E-state index contributed by atoms with van der Waals surface area (Å²) in [5.74, 6) is 0. The summed E-state index contributed by atoms with van der Waals surface area (Å²) >= 11 is 6.09. The van der Waals surface area contributed by atoms with Crippen molar-refractivity contribution in [1.82, 2.24) is 10.3 Å². The molecule has 0 aliphatic rings. The van der Waals surface area contributed by atoms with Crippen LogP contribution in [0, 0.1) is 6.92 Å². The summed E-state index contributed by atoms with van der Waals surface area (Å²) < 4.78 is 0. The summed E-state index contributed by atoms with van der Waals surface area (Å²) in [6.07, 6.45) is 3.03. The smallest absolute Gasteiger partial charge is 0.0592 e. The molecular weight excluding hydrogens is 256 g/mol. The zero-order chi connectivity index (χ0) is 13.7. The lowest BCUT2D eigenvalue weighted by Gasteiger charge is -2.19. The fourth-order valence-corrected chi connectivity index (χ4v) is 2.25. The second-order valence-electron chi connectivity index (χ2n) is 4.68. The second kappa shape index (κ2) is 6.69. The number of nitrogens with zero attached hydrogens (tertiary/aromatic N) is 1. The first-order valence-electron chi connectivity index (χ1n) is 6.62. The molecule has 0 amide bonds. The molecule has 1 unspecified atom stereocenters. The predicted molar refractivity (Wildman–Crippen MR) is 80.6 cm³/mol. The van der Waals surface area contributed by atoms with Gasteiger partial charge in [-0.2, -0.15) is 0 Å². The normalized spacial score (nSPS) is 12.4. The summed E-state index contributed by atoms with van der Waals surface area (Å²) in [4.78, 5) is 4.38.